The molecule has 1 aromatic rings. The number of halogens is 1. The second-order valence-corrected chi connectivity index (χ2v) is 5.94. The molecule has 19 heavy (non-hydrogen) atoms. The van der Waals surface area contributed by atoms with E-state index < -0.39 is 0 Å². The summed E-state index contributed by atoms with van der Waals surface area (Å²) < 4.78 is 0. The van der Waals surface area contributed by atoms with Gasteiger partial charge in [-0.05, 0) is 31.5 Å². The highest BCUT2D eigenvalue weighted by Crippen LogP contribution is 2.26. The average Bonchev–Trinajstić information content (AvgIpc) is 2.93. The summed E-state index contributed by atoms with van der Waals surface area (Å²) in [4.78, 5) is 4.98. The first kappa shape index (κ1) is 13.2. The molecular formula is C15H22ClN3. The predicted molar refractivity (Wildman–Crippen MR) is 81.1 cm³/mol. The third-order valence-corrected chi connectivity index (χ3v) is 4.53. The number of piperazine rings is 1. The summed E-state index contributed by atoms with van der Waals surface area (Å²) in [6.45, 7) is 6.85. The molecule has 1 aromatic carbocycles. The van der Waals surface area contributed by atoms with Crippen molar-refractivity contribution in [1.82, 2.24) is 10.2 Å². The maximum absolute atomic E-state index is 6.27. The van der Waals surface area contributed by atoms with E-state index in [1.165, 1.54) is 31.6 Å². The molecule has 2 aliphatic heterocycles. The molecule has 1 atom stereocenters. The van der Waals surface area contributed by atoms with Gasteiger partial charge in [0.15, 0.2) is 0 Å². The molecule has 0 bridgehead atoms. The average molecular weight is 280 g/mol. The Morgan fingerprint density at radius 3 is 2.63 bits per heavy atom. The van der Waals surface area contributed by atoms with Crippen LogP contribution in [0, 0.1) is 0 Å². The van der Waals surface area contributed by atoms with Crippen LogP contribution in [0.1, 0.15) is 12.8 Å². The molecule has 4 heteroatoms. The normalized spacial score (nSPS) is 24.9. The first-order valence-electron chi connectivity index (χ1n) is 7.28. The van der Waals surface area contributed by atoms with E-state index in [4.69, 9.17) is 11.6 Å². The number of benzene rings is 1. The molecule has 2 heterocycles. The maximum atomic E-state index is 6.27. The van der Waals surface area contributed by atoms with Crippen molar-refractivity contribution in [3.8, 4) is 0 Å². The standard InChI is InChI=1S/C15H22ClN3/c16-14-5-1-2-6-15(14)19-10-8-18(9-11-19)12-13-4-3-7-17-13/h1-2,5-6,13,17H,3-4,7-12H2. The van der Waals surface area contributed by atoms with Crippen molar-refractivity contribution < 1.29 is 0 Å². The number of nitrogens with zero attached hydrogens (tertiary/aromatic N) is 2. The van der Waals surface area contributed by atoms with Gasteiger partial charge in [-0.25, -0.2) is 0 Å². The fourth-order valence-electron chi connectivity index (χ4n) is 3.10. The molecule has 0 aromatic heterocycles. The van der Waals surface area contributed by atoms with Gasteiger partial charge in [0.25, 0.3) is 0 Å². The van der Waals surface area contributed by atoms with E-state index in [2.05, 4.69) is 27.2 Å². The number of anilines is 1. The van der Waals surface area contributed by atoms with E-state index in [1.807, 2.05) is 12.1 Å². The van der Waals surface area contributed by atoms with Crippen LogP contribution in [-0.4, -0.2) is 50.2 Å². The topological polar surface area (TPSA) is 18.5 Å². The van der Waals surface area contributed by atoms with Crippen molar-refractivity contribution in [2.45, 2.75) is 18.9 Å². The number of rotatable bonds is 3. The lowest BCUT2D eigenvalue weighted by Gasteiger charge is -2.37. The molecule has 0 saturated carbocycles. The number of hydrogen-bond acceptors (Lipinski definition) is 3. The van der Waals surface area contributed by atoms with Gasteiger partial charge < -0.3 is 10.2 Å². The molecule has 0 amide bonds. The van der Waals surface area contributed by atoms with Gasteiger partial charge in [-0.2, -0.15) is 0 Å². The van der Waals surface area contributed by atoms with Crippen LogP contribution in [0.25, 0.3) is 0 Å². The Bertz CT molecular complexity index is 410. The molecule has 2 aliphatic rings. The predicted octanol–water partition coefficient (Wildman–Crippen LogP) is 2.21. The highest BCUT2D eigenvalue weighted by atomic mass is 35.5. The third kappa shape index (κ3) is 3.22. The van der Waals surface area contributed by atoms with Crippen molar-refractivity contribution in [3.05, 3.63) is 29.3 Å². The minimum atomic E-state index is 0.715. The molecule has 3 nitrogen and oxygen atoms in total. The number of nitrogens with one attached hydrogen (secondary N) is 1. The zero-order valence-corrected chi connectivity index (χ0v) is 12.1. The highest BCUT2D eigenvalue weighted by Gasteiger charge is 2.22. The summed E-state index contributed by atoms with van der Waals surface area (Å²) in [6, 6.07) is 8.87. The monoisotopic (exact) mass is 279 g/mol. The van der Waals surface area contributed by atoms with Crippen LogP contribution in [0.3, 0.4) is 0 Å². The second-order valence-electron chi connectivity index (χ2n) is 5.53. The van der Waals surface area contributed by atoms with Crippen LogP contribution in [0.2, 0.25) is 5.02 Å². The molecule has 104 valence electrons. The molecule has 0 aliphatic carbocycles. The Hall–Kier alpha value is -0.770. The first-order chi connectivity index (χ1) is 9.33. The third-order valence-electron chi connectivity index (χ3n) is 4.21. The summed E-state index contributed by atoms with van der Waals surface area (Å²) in [5.41, 5.74) is 1.18. The van der Waals surface area contributed by atoms with Crippen molar-refractivity contribution in [3.63, 3.8) is 0 Å². The van der Waals surface area contributed by atoms with Crippen molar-refractivity contribution in [2.75, 3.05) is 44.2 Å². The van der Waals surface area contributed by atoms with Gasteiger partial charge in [0, 0.05) is 38.8 Å². The maximum Gasteiger partial charge on any atom is 0.0639 e. The Balaban J connectivity index is 1.53. The largest absolute Gasteiger partial charge is 0.368 e. The lowest BCUT2D eigenvalue weighted by molar-refractivity contribution is 0.236. The van der Waals surface area contributed by atoms with Crippen LogP contribution in [0.4, 0.5) is 5.69 Å². The molecule has 3 rings (SSSR count). The van der Waals surface area contributed by atoms with Gasteiger partial charge in [0.1, 0.15) is 0 Å². The first-order valence-corrected chi connectivity index (χ1v) is 7.66. The van der Waals surface area contributed by atoms with Crippen LogP contribution in [0.5, 0.6) is 0 Å². The molecule has 2 saturated heterocycles. The van der Waals surface area contributed by atoms with Gasteiger partial charge in [-0.1, -0.05) is 23.7 Å². The molecule has 1 N–H and O–H groups in total. The molecular weight excluding hydrogens is 258 g/mol. The zero-order chi connectivity index (χ0) is 13.1. The van der Waals surface area contributed by atoms with Gasteiger partial charge in [-0.3, -0.25) is 4.90 Å². The van der Waals surface area contributed by atoms with Crippen LogP contribution < -0.4 is 10.2 Å². The number of hydrogen-bond donors (Lipinski definition) is 1. The van der Waals surface area contributed by atoms with E-state index in [-0.39, 0.29) is 0 Å². The van der Waals surface area contributed by atoms with Crippen LogP contribution in [-0.2, 0) is 0 Å². The van der Waals surface area contributed by atoms with Crippen LogP contribution >= 0.6 is 11.6 Å². The Kier molecular flexibility index (Phi) is 4.26. The highest BCUT2D eigenvalue weighted by molar-refractivity contribution is 6.33. The molecule has 0 radical (unpaired) electrons. The summed E-state index contributed by atoms with van der Waals surface area (Å²) in [5.74, 6) is 0. The second kappa shape index (κ2) is 6.12. The van der Waals surface area contributed by atoms with E-state index >= 15 is 0 Å². The van der Waals surface area contributed by atoms with Gasteiger partial charge in [-0.15, -0.1) is 0 Å². The fraction of sp³-hybridized carbons (Fsp3) is 0.600. The summed E-state index contributed by atoms with van der Waals surface area (Å²) in [7, 11) is 0. The Morgan fingerprint density at radius 1 is 1.16 bits per heavy atom. The van der Waals surface area contributed by atoms with Crippen LogP contribution in [0.15, 0.2) is 24.3 Å². The summed E-state index contributed by atoms with van der Waals surface area (Å²) in [5, 5.41) is 4.45. The van der Waals surface area contributed by atoms with E-state index in [0.717, 1.165) is 31.2 Å². The molecule has 2 fully saturated rings. The lowest BCUT2D eigenvalue weighted by atomic mass is 10.2. The van der Waals surface area contributed by atoms with E-state index in [9.17, 15) is 0 Å². The minimum Gasteiger partial charge on any atom is -0.368 e. The smallest absolute Gasteiger partial charge is 0.0639 e. The van der Waals surface area contributed by atoms with Gasteiger partial charge in [0.05, 0.1) is 10.7 Å². The van der Waals surface area contributed by atoms with Crippen molar-refractivity contribution >= 4 is 17.3 Å². The number of para-hydroxylation sites is 1. The Labute approximate surface area is 120 Å². The summed E-state index contributed by atoms with van der Waals surface area (Å²) >= 11 is 6.27. The fourth-order valence-corrected chi connectivity index (χ4v) is 3.36. The minimum absolute atomic E-state index is 0.715. The molecule has 1 unspecified atom stereocenters. The van der Waals surface area contributed by atoms with Gasteiger partial charge >= 0.3 is 0 Å². The summed E-state index contributed by atoms with van der Waals surface area (Å²) in [6.07, 6.45) is 2.68. The SMILES string of the molecule is Clc1ccccc1N1CCN(CC2CCCN2)CC1. The zero-order valence-electron chi connectivity index (χ0n) is 11.3. The van der Waals surface area contributed by atoms with Crippen molar-refractivity contribution in [2.24, 2.45) is 0 Å². The quantitative estimate of drug-likeness (QED) is 0.915. The molecule has 0 spiro atoms. The lowest BCUT2D eigenvalue weighted by Crippen LogP contribution is -2.49. The van der Waals surface area contributed by atoms with E-state index in [0.29, 0.717) is 6.04 Å². The van der Waals surface area contributed by atoms with Gasteiger partial charge in [0.2, 0.25) is 0 Å². The Morgan fingerprint density at radius 2 is 1.95 bits per heavy atom. The van der Waals surface area contributed by atoms with Crippen molar-refractivity contribution in [1.29, 1.82) is 0 Å². The van der Waals surface area contributed by atoms with E-state index in [1.54, 1.807) is 0 Å².